The van der Waals surface area contributed by atoms with Crippen LogP contribution in [0.2, 0.25) is 0 Å². The number of carbonyl (C=O) groups is 2. The van der Waals surface area contributed by atoms with Crippen LogP contribution < -0.4 is 10.2 Å². The Bertz CT molecular complexity index is 1100. The monoisotopic (exact) mass is 386 g/mol. The second-order valence-electron chi connectivity index (χ2n) is 7.87. The molecule has 3 aromatic rings. The van der Waals surface area contributed by atoms with Gasteiger partial charge in [-0.15, -0.1) is 0 Å². The molecule has 4 heteroatoms. The Morgan fingerprint density at radius 3 is 2.55 bits per heavy atom. The zero-order chi connectivity index (χ0) is 20.5. The molecule has 148 valence electrons. The minimum Gasteiger partial charge on any atom is -0.350 e. The number of carbonyl (C=O) groups excluding carboxylic acids is 2. The van der Waals surface area contributed by atoms with Crippen molar-refractivity contribution in [3.63, 3.8) is 0 Å². The maximum absolute atomic E-state index is 12.8. The Kier molecular flexibility index (Phi) is 5.10. The molecule has 1 aliphatic heterocycles. The average Bonchev–Trinajstić information content (AvgIpc) is 2.98. The molecule has 0 saturated carbocycles. The lowest BCUT2D eigenvalue weighted by molar-refractivity contribution is -0.121. The number of hydrogen-bond donors (Lipinski definition) is 1. The maximum Gasteiger partial charge on any atom is 0.258 e. The van der Waals surface area contributed by atoms with E-state index in [1.165, 1.54) is 11.1 Å². The Morgan fingerprint density at radius 1 is 1.03 bits per heavy atom. The van der Waals surface area contributed by atoms with Gasteiger partial charge >= 0.3 is 0 Å². The summed E-state index contributed by atoms with van der Waals surface area (Å²) in [6.07, 6.45) is 1.02. The van der Waals surface area contributed by atoms with Crippen molar-refractivity contribution in [3.05, 3.63) is 76.9 Å². The van der Waals surface area contributed by atoms with Crippen molar-refractivity contribution in [2.24, 2.45) is 0 Å². The van der Waals surface area contributed by atoms with Crippen LogP contribution in [0.1, 0.15) is 52.9 Å². The highest BCUT2D eigenvalue weighted by Crippen LogP contribution is 2.37. The SMILES string of the molecule is Cc1ccc(C(C)NC(=O)CCCN2C(=O)c3cccc4cccc2c34)cc1C. The van der Waals surface area contributed by atoms with Crippen LogP contribution in [0.15, 0.2) is 54.6 Å². The quantitative estimate of drug-likeness (QED) is 0.643. The molecule has 0 bridgehead atoms. The number of nitrogens with zero attached hydrogens (tertiary/aromatic N) is 1. The summed E-state index contributed by atoms with van der Waals surface area (Å²) < 4.78 is 0. The van der Waals surface area contributed by atoms with Gasteiger partial charge in [0.1, 0.15) is 0 Å². The van der Waals surface area contributed by atoms with E-state index in [1.807, 2.05) is 43.3 Å². The van der Waals surface area contributed by atoms with Crippen LogP contribution in [0.25, 0.3) is 10.8 Å². The zero-order valence-corrected chi connectivity index (χ0v) is 17.2. The van der Waals surface area contributed by atoms with Crippen molar-refractivity contribution in [3.8, 4) is 0 Å². The summed E-state index contributed by atoms with van der Waals surface area (Å²) in [5.74, 6) is 0.0406. The van der Waals surface area contributed by atoms with Gasteiger partial charge in [0.15, 0.2) is 0 Å². The van der Waals surface area contributed by atoms with E-state index in [2.05, 4.69) is 37.4 Å². The van der Waals surface area contributed by atoms with Gasteiger partial charge in [0.05, 0.1) is 11.7 Å². The molecule has 0 aromatic heterocycles. The van der Waals surface area contributed by atoms with Crippen LogP contribution in [-0.2, 0) is 4.79 Å². The summed E-state index contributed by atoms with van der Waals surface area (Å²) >= 11 is 0. The molecule has 4 rings (SSSR count). The summed E-state index contributed by atoms with van der Waals surface area (Å²) in [6, 6.07) is 18.1. The maximum atomic E-state index is 12.8. The molecular weight excluding hydrogens is 360 g/mol. The fourth-order valence-electron chi connectivity index (χ4n) is 4.03. The van der Waals surface area contributed by atoms with Crippen molar-refractivity contribution in [1.82, 2.24) is 5.32 Å². The van der Waals surface area contributed by atoms with Crippen molar-refractivity contribution in [2.45, 2.75) is 39.7 Å². The van der Waals surface area contributed by atoms with Gasteiger partial charge in [-0.25, -0.2) is 0 Å². The van der Waals surface area contributed by atoms with Gasteiger partial charge in [0.25, 0.3) is 5.91 Å². The standard InChI is InChI=1S/C25H26N2O2/c1-16-12-13-20(15-17(16)2)18(3)26-23(28)11-6-14-27-22-10-5-8-19-7-4-9-21(24(19)22)25(27)29/h4-5,7-10,12-13,15,18H,6,11,14H2,1-3H3,(H,26,28). The molecule has 0 radical (unpaired) electrons. The number of benzene rings is 3. The van der Waals surface area contributed by atoms with Crippen LogP contribution >= 0.6 is 0 Å². The van der Waals surface area contributed by atoms with Crippen LogP contribution in [0.3, 0.4) is 0 Å². The molecule has 1 atom stereocenters. The zero-order valence-electron chi connectivity index (χ0n) is 17.2. The van der Waals surface area contributed by atoms with Crippen LogP contribution in [-0.4, -0.2) is 18.4 Å². The van der Waals surface area contributed by atoms with Gasteiger partial charge in [-0.05, 0) is 61.4 Å². The Balaban J connectivity index is 1.36. The van der Waals surface area contributed by atoms with E-state index in [0.717, 1.165) is 27.6 Å². The fourth-order valence-corrected chi connectivity index (χ4v) is 4.03. The van der Waals surface area contributed by atoms with Crippen molar-refractivity contribution in [1.29, 1.82) is 0 Å². The van der Waals surface area contributed by atoms with E-state index in [4.69, 9.17) is 0 Å². The summed E-state index contributed by atoms with van der Waals surface area (Å²) in [4.78, 5) is 27.0. The van der Waals surface area contributed by atoms with Crippen LogP contribution in [0.5, 0.6) is 0 Å². The van der Waals surface area contributed by atoms with Crippen LogP contribution in [0, 0.1) is 13.8 Å². The lowest BCUT2D eigenvalue weighted by Crippen LogP contribution is -2.30. The first kappa shape index (κ1) is 19.2. The fraction of sp³-hybridized carbons (Fsp3) is 0.280. The van der Waals surface area contributed by atoms with Gasteiger partial charge in [-0.1, -0.05) is 42.5 Å². The van der Waals surface area contributed by atoms with Gasteiger partial charge in [-0.3, -0.25) is 9.59 Å². The predicted octanol–water partition coefficient (Wildman–Crippen LogP) is 5.07. The average molecular weight is 386 g/mol. The lowest BCUT2D eigenvalue weighted by Gasteiger charge is -2.19. The van der Waals surface area contributed by atoms with Crippen molar-refractivity contribution >= 4 is 28.3 Å². The Hall–Kier alpha value is -3.14. The number of amides is 2. The van der Waals surface area contributed by atoms with E-state index in [0.29, 0.717) is 19.4 Å². The Labute approximate surface area is 171 Å². The molecule has 1 unspecified atom stereocenters. The Morgan fingerprint density at radius 2 is 1.79 bits per heavy atom. The van der Waals surface area contributed by atoms with E-state index >= 15 is 0 Å². The van der Waals surface area contributed by atoms with Crippen molar-refractivity contribution in [2.75, 3.05) is 11.4 Å². The smallest absolute Gasteiger partial charge is 0.258 e. The number of nitrogens with one attached hydrogen (secondary N) is 1. The van der Waals surface area contributed by atoms with E-state index in [-0.39, 0.29) is 17.9 Å². The number of hydrogen-bond acceptors (Lipinski definition) is 2. The molecular formula is C25H26N2O2. The summed E-state index contributed by atoms with van der Waals surface area (Å²) in [7, 11) is 0. The van der Waals surface area contributed by atoms with Gasteiger partial charge < -0.3 is 10.2 Å². The predicted molar refractivity (Wildman–Crippen MR) is 117 cm³/mol. The highest BCUT2D eigenvalue weighted by molar-refractivity contribution is 6.25. The third-order valence-corrected chi connectivity index (χ3v) is 5.84. The van der Waals surface area contributed by atoms with Crippen LogP contribution in [0.4, 0.5) is 5.69 Å². The molecule has 4 nitrogen and oxygen atoms in total. The van der Waals surface area contributed by atoms with E-state index in [9.17, 15) is 9.59 Å². The number of rotatable bonds is 6. The molecule has 0 aliphatic carbocycles. The molecule has 29 heavy (non-hydrogen) atoms. The summed E-state index contributed by atoms with van der Waals surface area (Å²) in [5.41, 5.74) is 5.29. The molecule has 0 fully saturated rings. The molecule has 0 spiro atoms. The minimum atomic E-state index is -0.0341. The molecule has 2 amide bonds. The minimum absolute atomic E-state index is 0.0121. The molecule has 1 aliphatic rings. The topological polar surface area (TPSA) is 49.4 Å². The first-order valence-electron chi connectivity index (χ1n) is 10.2. The third-order valence-electron chi connectivity index (χ3n) is 5.84. The molecule has 0 saturated heterocycles. The first-order valence-corrected chi connectivity index (χ1v) is 10.2. The molecule has 3 aromatic carbocycles. The molecule has 1 N–H and O–H groups in total. The lowest BCUT2D eigenvalue weighted by atomic mass is 10.0. The normalized spacial score (nSPS) is 13.8. The summed E-state index contributed by atoms with van der Waals surface area (Å²) in [5, 5.41) is 5.17. The summed E-state index contributed by atoms with van der Waals surface area (Å²) in [6.45, 7) is 6.71. The third kappa shape index (κ3) is 3.63. The van der Waals surface area contributed by atoms with Gasteiger partial charge in [0, 0.05) is 23.9 Å². The highest BCUT2D eigenvalue weighted by Gasteiger charge is 2.29. The second kappa shape index (κ2) is 7.70. The van der Waals surface area contributed by atoms with Gasteiger partial charge in [0.2, 0.25) is 5.91 Å². The highest BCUT2D eigenvalue weighted by atomic mass is 16.2. The van der Waals surface area contributed by atoms with E-state index < -0.39 is 0 Å². The van der Waals surface area contributed by atoms with E-state index in [1.54, 1.807) is 4.90 Å². The first-order chi connectivity index (χ1) is 14.0. The molecule has 1 heterocycles. The number of aryl methyl sites for hydroxylation is 2. The van der Waals surface area contributed by atoms with Crippen molar-refractivity contribution < 1.29 is 9.59 Å². The largest absolute Gasteiger partial charge is 0.350 e. The van der Waals surface area contributed by atoms with Gasteiger partial charge in [-0.2, -0.15) is 0 Å². The number of anilines is 1. The second-order valence-corrected chi connectivity index (χ2v) is 7.87.